The number of aliphatic hydroxyl groups is 1. The fraction of sp³-hybridized carbons (Fsp3) is 0.714. The van der Waals surface area contributed by atoms with Gasteiger partial charge < -0.3 is 19.3 Å². The summed E-state index contributed by atoms with van der Waals surface area (Å²) in [6.07, 6.45) is -1.98. The molecule has 3 rings (SSSR count). The van der Waals surface area contributed by atoms with Gasteiger partial charge in [-0.1, -0.05) is 0 Å². The van der Waals surface area contributed by atoms with E-state index in [4.69, 9.17) is 14.2 Å². The zero-order valence-electron chi connectivity index (χ0n) is 11.7. The Morgan fingerprint density at radius 2 is 1.95 bits per heavy atom. The van der Waals surface area contributed by atoms with Crippen LogP contribution in [-0.4, -0.2) is 53.5 Å². The van der Waals surface area contributed by atoms with Crippen molar-refractivity contribution in [2.24, 2.45) is 5.92 Å². The van der Waals surface area contributed by atoms with Crippen LogP contribution in [0, 0.1) is 5.92 Å². The minimum atomic E-state index is -0.926. The van der Waals surface area contributed by atoms with Gasteiger partial charge in [-0.15, -0.1) is 0 Å². The van der Waals surface area contributed by atoms with E-state index in [0.29, 0.717) is 0 Å². The predicted octanol–water partition coefficient (Wildman–Crippen LogP) is 0.278. The maximum absolute atomic E-state index is 13.5. The van der Waals surface area contributed by atoms with Crippen LogP contribution >= 0.6 is 0 Å². The SMILES string of the molecule is CC1(C)OC2C(O1)[C@@H](CO)O[C@H]2C1C=C(F)C(=O)CC1=O. The standard InChI is InChI=1S/C14H17FO6/c1-14(2)20-12-10(5-16)19-11(13(12)21-14)6-3-7(15)9(18)4-8(6)17/h3,6,10-13,16H,4-5H2,1-2H3/t6?,10-,11+,12?,13?/m1/s1. The largest absolute Gasteiger partial charge is 0.394 e. The fourth-order valence-electron chi connectivity index (χ4n) is 3.13. The van der Waals surface area contributed by atoms with Gasteiger partial charge in [0.05, 0.1) is 18.9 Å². The maximum atomic E-state index is 13.5. The molecule has 0 aromatic rings. The molecule has 1 N–H and O–H groups in total. The van der Waals surface area contributed by atoms with Crippen LogP contribution in [0.3, 0.4) is 0 Å². The Hall–Kier alpha value is -1.15. The topological polar surface area (TPSA) is 82.1 Å². The van der Waals surface area contributed by atoms with Gasteiger partial charge in [-0.05, 0) is 19.9 Å². The first-order chi connectivity index (χ1) is 9.82. The molecule has 5 atom stereocenters. The lowest BCUT2D eigenvalue weighted by Gasteiger charge is -2.27. The molecule has 1 aliphatic carbocycles. The Bertz CT molecular complexity index is 514. The molecule has 21 heavy (non-hydrogen) atoms. The van der Waals surface area contributed by atoms with E-state index in [9.17, 15) is 19.1 Å². The number of carbonyl (C=O) groups is 2. The highest BCUT2D eigenvalue weighted by Gasteiger charge is 2.57. The summed E-state index contributed by atoms with van der Waals surface area (Å²) in [5.74, 6) is -3.90. The first kappa shape index (κ1) is 14.8. The summed E-state index contributed by atoms with van der Waals surface area (Å²) in [6.45, 7) is 3.15. The van der Waals surface area contributed by atoms with Gasteiger partial charge in [0.15, 0.2) is 17.4 Å². The molecule has 3 unspecified atom stereocenters. The average Bonchev–Trinajstić information content (AvgIpc) is 2.87. The van der Waals surface area contributed by atoms with Gasteiger partial charge in [0.1, 0.15) is 30.2 Å². The molecule has 7 heteroatoms. The van der Waals surface area contributed by atoms with E-state index in [2.05, 4.69) is 0 Å². The van der Waals surface area contributed by atoms with Crippen LogP contribution in [0.15, 0.2) is 11.9 Å². The number of halogens is 1. The Morgan fingerprint density at radius 3 is 2.62 bits per heavy atom. The number of carbonyl (C=O) groups excluding carboxylic acids is 2. The van der Waals surface area contributed by atoms with Crippen LogP contribution < -0.4 is 0 Å². The molecule has 116 valence electrons. The summed E-state index contributed by atoms with van der Waals surface area (Å²) in [5.41, 5.74) is 0. The van der Waals surface area contributed by atoms with Crippen LogP contribution in [-0.2, 0) is 23.8 Å². The van der Waals surface area contributed by atoms with Crippen LogP contribution in [0.5, 0.6) is 0 Å². The zero-order valence-corrected chi connectivity index (χ0v) is 11.7. The third-order valence-corrected chi connectivity index (χ3v) is 4.02. The highest BCUT2D eigenvalue weighted by Crippen LogP contribution is 2.42. The van der Waals surface area contributed by atoms with Gasteiger partial charge in [0, 0.05) is 0 Å². The number of allylic oxidation sites excluding steroid dienone is 1. The van der Waals surface area contributed by atoms with Crippen molar-refractivity contribution in [2.75, 3.05) is 6.61 Å². The lowest BCUT2D eigenvalue weighted by atomic mass is 9.86. The Labute approximate surface area is 120 Å². The molecule has 0 radical (unpaired) electrons. The Kier molecular flexibility index (Phi) is 3.48. The van der Waals surface area contributed by atoms with Crippen molar-refractivity contribution >= 4 is 11.6 Å². The van der Waals surface area contributed by atoms with E-state index in [0.717, 1.165) is 6.08 Å². The maximum Gasteiger partial charge on any atom is 0.198 e. The van der Waals surface area contributed by atoms with Gasteiger partial charge in [-0.3, -0.25) is 9.59 Å². The Balaban J connectivity index is 1.89. The molecule has 6 nitrogen and oxygen atoms in total. The number of hydrogen-bond acceptors (Lipinski definition) is 6. The number of hydrogen-bond donors (Lipinski definition) is 1. The number of ketones is 2. The molecule has 2 saturated heterocycles. The summed E-state index contributed by atoms with van der Waals surface area (Å²) < 4.78 is 30.5. The number of aliphatic hydroxyl groups excluding tert-OH is 1. The molecule has 2 heterocycles. The first-order valence-electron chi connectivity index (χ1n) is 6.87. The third kappa shape index (κ3) is 2.44. The first-order valence-corrected chi connectivity index (χ1v) is 6.87. The van der Waals surface area contributed by atoms with E-state index in [1.54, 1.807) is 13.8 Å². The number of ether oxygens (including phenoxy) is 3. The molecule has 0 aromatic heterocycles. The van der Waals surface area contributed by atoms with Crippen molar-refractivity contribution < 1.29 is 33.3 Å². The minimum absolute atomic E-state index is 0.289. The molecule has 0 bridgehead atoms. The minimum Gasteiger partial charge on any atom is -0.394 e. The monoisotopic (exact) mass is 300 g/mol. The van der Waals surface area contributed by atoms with Crippen LogP contribution in [0.2, 0.25) is 0 Å². The predicted molar refractivity (Wildman–Crippen MR) is 66.9 cm³/mol. The molecule has 2 fully saturated rings. The molecule has 0 spiro atoms. The van der Waals surface area contributed by atoms with Crippen molar-refractivity contribution in [3.8, 4) is 0 Å². The van der Waals surface area contributed by atoms with Gasteiger partial charge in [0.25, 0.3) is 0 Å². The van der Waals surface area contributed by atoms with E-state index < -0.39 is 59.9 Å². The summed E-state index contributed by atoms with van der Waals surface area (Å²) in [5, 5.41) is 9.37. The van der Waals surface area contributed by atoms with E-state index in [-0.39, 0.29) is 6.61 Å². The van der Waals surface area contributed by atoms with Crippen molar-refractivity contribution in [1.29, 1.82) is 0 Å². The lowest BCUT2D eigenvalue weighted by molar-refractivity contribution is -0.194. The smallest absolute Gasteiger partial charge is 0.198 e. The van der Waals surface area contributed by atoms with Crippen molar-refractivity contribution in [1.82, 2.24) is 0 Å². The van der Waals surface area contributed by atoms with Crippen molar-refractivity contribution in [3.63, 3.8) is 0 Å². The van der Waals surface area contributed by atoms with Crippen molar-refractivity contribution in [2.45, 2.75) is 50.5 Å². The quantitative estimate of drug-likeness (QED) is 0.738. The number of rotatable bonds is 2. The third-order valence-electron chi connectivity index (χ3n) is 4.02. The number of Topliss-reactive ketones (excluding diaryl/α,β-unsaturated/α-hetero) is 2. The molecule has 3 aliphatic rings. The van der Waals surface area contributed by atoms with Crippen molar-refractivity contribution in [3.05, 3.63) is 11.9 Å². The van der Waals surface area contributed by atoms with Gasteiger partial charge >= 0.3 is 0 Å². The zero-order chi connectivity index (χ0) is 15.4. The second-order valence-electron chi connectivity index (χ2n) is 5.99. The second kappa shape index (κ2) is 4.95. The normalized spacial score (nSPS) is 42.1. The highest BCUT2D eigenvalue weighted by molar-refractivity contribution is 6.10. The average molecular weight is 300 g/mol. The molecular weight excluding hydrogens is 283 g/mol. The van der Waals surface area contributed by atoms with Gasteiger partial charge in [-0.25, -0.2) is 4.39 Å². The summed E-state index contributed by atoms with van der Waals surface area (Å²) >= 11 is 0. The van der Waals surface area contributed by atoms with E-state index >= 15 is 0 Å². The fourth-order valence-corrected chi connectivity index (χ4v) is 3.13. The van der Waals surface area contributed by atoms with E-state index in [1.165, 1.54) is 0 Å². The van der Waals surface area contributed by atoms with E-state index in [1.807, 2.05) is 0 Å². The van der Waals surface area contributed by atoms with Crippen LogP contribution in [0.25, 0.3) is 0 Å². The summed E-state index contributed by atoms with van der Waals surface area (Å²) in [7, 11) is 0. The second-order valence-corrected chi connectivity index (χ2v) is 5.99. The van der Waals surface area contributed by atoms with Crippen LogP contribution in [0.4, 0.5) is 4.39 Å². The number of fused-ring (bicyclic) bond motifs is 1. The molecular formula is C14H17FO6. The van der Waals surface area contributed by atoms with Crippen LogP contribution in [0.1, 0.15) is 20.3 Å². The van der Waals surface area contributed by atoms with Gasteiger partial charge in [-0.2, -0.15) is 0 Å². The highest BCUT2D eigenvalue weighted by atomic mass is 19.1. The van der Waals surface area contributed by atoms with Gasteiger partial charge in [0.2, 0.25) is 0 Å². The lowest BCUT2D eigenvalue weighted by Crippen LogP contribution is -2.40. The molecule has 0 amide bonds. The summed E-state index contributed by atoms with van der Waals surface area (Å²) in [6, 6.07) is 0. The Morgan fingerprint density at radius 1 is 1.29 bits per heavy atom. The molecule has 2 aliphatic heterocycles. The molecule has 0 aromatic carbocycles. The molecule has 0 saturated carbocycles. The summed E-state index contributed by atoms with van der Waals surface area (Å²) in [4.78, 5) is 23.2.